The topological polar surface area (TPSA) is 61.4 Å². The van der Waals surface area contributed by atoms with E-state index in [1.165, 1.54) is 25.2 Å². The molecule has 1 aliphatic rings. The van der Waals surface area contributed by atoms with Crippen molar-refractivity contribution in [3.8, 4) is 0 Å². The first-order valence-electron chi connectivity index (χ1n) is 8.00. The number of hydrogen-bond donors (Lipinski definition) is 2. The number of benzene rings is 2. The third-order valence-electron chi connectivity index (χ3n) is 4.34. The Hall–Kier alpha value is -1.90. The van der Waals surface area contributed by atoms with E-state index < -0.39 is 21.7 Å². The molecule has 1 fully saturated rings. The highest BCUT2D eigenvalue weighted by Gasteiger charge is 2.24. The number of halogens is 3. The fraction of sp³-hybridized carbons (Fsp3) is 0.294. The number of rotatable bonds is 5. The molecule has 9 heteroatoms. The molecule has 2 aromatic carbocycles. The van der Waals surface area contributed by atoms with Gasteiger partial charge in [0.15, 0.2) is 0 Å². The molecule has 5 nitrogen and oxygen atoms in total. The Morgan fingerprint density at radius 2 is 1.92 bits per heavy atom. The predicted molar refractivity (Wildman–Crippen MR) is 98.3 cm³/mol. The van der Waals surface area contributed by atoms with E-state index in [-0.39, 0.29) is 21.6 Å². The molecule has 2 aromatic rings. The third kappa shape index (κ3) is 3.92. The molecule has 1 aliphatic heterocycles. The van der Waals surface area contributed by atoms with Gasteiger partial charge in [-0.25, -0.2) is 21.9 Å². The van der Waals surface area contributed by atoms with E-state index in [2.05, 4.69) is 10.0 Å². The molecule has 0 amide bonds. The Labute approximate surface area is 156 Å². The lowest BCUT2D eigenvalue weighted by molar-refractivity contribution is 0.584. The maximum absolute atomic E-state index is 14.3. The largest absolute Gasteiger partial charge is 0.378 e. The molecule has 0 saturated carbocycles. The van der Waals surface area contributed by atoms with Crippen LogP contribution in [0.3, 0.4) is 0 Å². The zero-order valence-corrected chi connectivity index (χ0v) is 15.5. The zero-order chi connectivity index (χ0) is 18.9. The third-order valence-corrected chi connectivity index (χ3v) is 6.04. The van der Waals surface area contributed by atoms with Gasteiger partial charge in [0.2, 0.25) is 10.0 Å². The maximum Gasteiger partial charge on any atom is 0.240 e. The highest BCUT2D eigenvalue weighted by atomic mass is 35.5. The molecule has 0 aliphatic carbocycles. The van der Waals surface area contributed by atoms with E-state index in [9.17, 15) is 17.2 Å². The smallest absolute Gasteiger partial charge is 0.240 e. The SMILES string of the molecule is CNS(=O)(=O)c1ccc(NC2CCN(c3ccc(F)c(Cl)c3)C2)c(F)c1. The second-order valence-electron chi connectivity index (χ2n) is 6.02. The molecule has 0 radical (unpaired) electrons. The summed E-state index contributed by atoms with van der Waals surface area (Å²) in [6.07, 6.45) is 0.755. The molecule has 1 atom stereocenters. The number of anilines is 2. The van der Waals surface area contributed by atoms with Crippen molar-refractivity contribution >= 4 is 33.0 Å². The molecule has 2 N–H and O–H groups in total. The van der Waals surface area contributed by atoms with Crippen LogP contribution in [0.2, 0.25) is 5.02 Å². The number of hydrogen-bond acceptors (Lipinski definition) is 4. The highest BCUT2D eigenvalue weighted by molar-refractivity contribution is 7.89. The molecule has 140 valence electrons. The predicted octanol–water partition coefficient (Wildman–Crippen LogP) is 3.22. The van der Waals surface area contributed by atoms with E-state index in [1.54, 1.807) is 12.1 Å². The van der Waals surface area contributed by atoms with Gasteiger partial charge in [-0.15, -0.1) is 0 Å². The molecule has 1 unspecified atom stereocenters. The molecule has 0 bridgehead atoms. The van der Waals surface area contributed by atoms with Crippen molar-refractivity contribution < 1.29 is 17.2 Å². The van der Waals surface area contributed by atoms with Crippen molar-refractivity contribution in [3.05, 3.63) is 53.1 Å². The Morgan fingerprint density at radius 3 is 2.58 bits per heavy atom. The van der Waals surface area contributed by atoms with Gasteiger partial charge in [-0.3, -0.25) is 0 Å². The van der Waals surface area contributed by atoms with Crippen molar-refractivity contribution in [1.29, 1.82) is 0 Å². The van der Waals surface area contributed by atoms with Crippen LogP contribution >= 0.6 is 11.6 Å². The van der Waals surface area contributed by atoms with E-state index in [0.717, 1.165) is 18.2 Å². The second kappa shape index (κ2) is 7.38. The van der Waals surface area contributed by atoms with Gasteiger partial charge in [-0.1, -0.05) is 11.6 Å². The highest BCUT2D eigenvalue weighted by Crippen LogP contribution is 2.27. The summed E-state index contributed by atoms with van der Waals surface area (Å²) >= 11 is 5.82. The van der Waals surface area contributed by atoms with E-state index >= 15 is 0 Å². The quantitative estimate of drug-likeness (QED) is 0.807. The molecular weight excluding hydrogens is 384 g/mol. The van der Waals surface area contributed by atoms with Crippen molar-refractivity contribution in [3.63, 3.8) is 0 Å². The fourth-order valence-electron chi connectivity index (χ4n) is 2.91. The molecule has 1 heterocycles. The van der Waals surface area contributed by atoms with Crippen molar-refractivity contribution in [2.45, 2.75) is 17.4 Å². The van der Waals surface area contributed by atoms with Crippen molar-refractivity contribution in [2.75, 3.05) is 30.4 Å². The van der Waals surface area contributed by atoms with Gasteiger partial charge < -0.3 is 10.2 Å². The van der Waals surface area contributed by atoms with Crippen molar-refractivity contribution in [2.24, 2.45) is 0 Å². The first kappa shape index (κ1) is 18.9. The van der Waals surface area contributed by atoms with Crippen LogP contribution in [0.4, 0.5) is 20.2 Å². The summed E-state index contributed by atoms with van der Waals surface area (Å²) in [6, 6.07) is 8.26. The number of sulfonamides is 1. The molecule has 0 spiro atoms. The van der Waals surface area contributed by atoms with Crippen LogP contribution in [0.25, 0.3) is 0 Å². The summed E-state index contributed by atoms with van der Waals surface area (Å²) in [5.41, 5.74) is 1.04. The lowest BCUT2D eigenvalue weighted by Gasteiger charge is -2.20. The van der Waals surface area contributed by atoms with E-state index in [4.69, 9.17) is 11.6 Å². The van der Waals surface area contributed by atoms with Crippen LogP contribution in [0, 0.1) is 11.6 Å². The Morgan fingerprint density at radius 1 is 1.15 bits per heavy atom. The minimum absolute atomic E-state index is 0.0277. The second-order valence-corrected chi connectivity index (χ2v) is 8.32. The summed E-state index contributed by atoms with van der Waals surface area (Å²) < 4.78 is 53.1. The van der Waals surface area contributed by atoms with Crippen molar-refractivity contribution in [1.82, 2.24) is 4.72 Å². The summed E-state index contributed by atoms with van der Waals surface area (Å²) in [5, 5.41) is 3.15. The van der Waals surface area contributed by atoms with Crippen LogP contribution in [-0.2, 0) is 10.0 Å². The Kier molecular flexibility index (Phi) is 5.36. The van der Waals surface area contributed by atoms with E-state index in [1.807, 2.05) is 4.90 Å². The van der Waals surface area contributed by atoms with Crippen LogP contribution in [0.5, 0.6) is 0 Å². The average Bonchev–Trinajstić information content (AvgIpc) is 3.07. The summed E-state index contributed by atoms with van der Waals surface area (Å²) in [7, 11) is -2.41. The minimum atomic E-state index is -3.69. The molecule has 1 saturated heterocycles. The average molecular weight is 402 g/mol. The summed E-state index contributed by atoms with van der Waals surface area (Å²) in [5.74, 6) is -1.10. The summed E-state index contributed by atoms with van der Waals surface area (Å²) in [6.45, 7) is 1.31. The fourth-order valence-corrected chi connectivity index (χ4v) is 3.83. The standard InChI is InChI=1S/C17H18ClF2N3O2S/c1-21-26(24,25)13-3-5-17(16(20)9-13)22-11-6-7-23(10-11)12-2-4-15(19)14(18)8-12/h2-5,8-9,11,21-22H,6-7,10H2,1H3. The molecule has 26 heavy (non-hydrogen) atoms. The Balaban J connectivity index is 1.70. The van der Waals surface area contributed by atoms with Crippen LogP contribution in [0.15, 0.2) is 41.3 Å². The van der Waals surface area contributed by atoms with Crippen LogP contribution < -0.4 is 14.9 Å². The Bertz CT molecular complexity index is 924. The van der Waals surface area contributed by atoms with Gasteiger partial charge in [0.25, 0.3) is 0 Å². The van der Waals surface area contributed by atoms with Crippen LogP contribution in [-0.4, -0.2) is 34.6 Å². The summed E-state index contributed by atoms with van der Waals surface area (Å²) in [4.78, 5) is 1.90. The van der Waals surface area contributed by atoms with Crippen LogP contribution in [0.1, 0.15) is 6.42 Å². The zero-order valence-electron chi connectivity index (χ0n) is 14.0. The minimum Gasteiger partial charge on any atom is -0.378 e. The lowest BCUT2D eigenvalue weighted by Crippen LogP contribution is -2.26. The van der Waals surface area contributed by atoms with Gasteiger partial charge in [-0.2, -0.15) is 0 Å². The normalized spacial score (nSPS) is 17.5. The number of nitrogens with one attached hydrogen (secondary N) is 2. The monoisotopic (exact) mass is 401 g/mol. The maximum atomic E-state index is 14.3. The van der Waals surface area contributed by atoms with Gasteiger partial charge in [0.05, 0.1) is 15.6 Å². The molecule has 3 rings (SSSR count). The van der Waals surface area contributed by atoms with Gasteiger partial charge in [0.1, 0.15) is 11.6 Å². The lowest BCUT2D eigenvalue weighted by atomic mass is 10.2. The molecule has 0 aromatic heterocycles. The van der Waals surface area contributed by atoms with E-state index in [0.29, 0.717) is 13.1 Å². The number of nitrogens with zero attached hydrogens (tertiary/aromatic N) is 1. The molecular formula is C17H18ClF2N3O2S. The van der Waals surface area contributed by atoms with Gasteiger partial charge >= 0.3 is 0 Å². The van der Waals surface area contributed by atoms with Gasteiger partial charge in [0, 0.05) is 24.8 Å². The van der Waals surface area contributed by atoms with Gasteiger partial charge in [-0.05, 0) is 49.9 Å². The first-order chi connectivity index (χ1) is 12.3. The first-order valence-corrected chi connectivity index (χ1v) is 9.86.